The van der Waals surface area contributed by atoms with Crippen molar-refractivity contribution in [3.8, 4) is 0 Å². The zero-order valence-corrected chi connectivity index (χ0v) is 14.4. The van der Waals surface area contributed by atoms with E-state index in [0.29, 0.717) is 18.1 Å². The molecule has 5 nitrogen and oxygen atoms in total. The van der Waals surface area contributed by atoms with Crippen molar-refractivity contribution >= 4 is 9.84 Å². The first-order valence-electron chi connectivity index (χ1n) is 8.19. The summed E-state index contributed by atoms with van der Waals surface area (Å²) in [6, 6.07) is 0. The lowest BCUT2D eigenvalue weighted by molar-refractivity contribution is 0.161. The van der Waals surface area contributed by atoms with Gasteiger partial charge in [-0.2, -0.15) is 0 Å². The van der Waals surface area contributed by atoms with E-state index < -0.39 is 9.84 Å². The van der Waals surface area contributed by atoms with Crippen LogP contribution in [0.1, 0.15) is 46.0 Å². The number of hydrogen-bond acceptors (Lipinski definition) is 5. The summed E-state index contributed by atoms with van der Waals surface area (Å²) in [7, 11) is -2.80. The van der Waals surface area contributed by atoms with E-state index in [9.17, 15) is 13.5 Å². The van der Waals surface area contributed by atoms with Crippen molar-refractivity contribution in [1.82, 2.24) is 10.2 Å². The Balaban J connectivity index is 2.23. The average molecular weight is 320 g/mol. The molecule has 0 aliphatic carbocycles. The second kappa shape index (κ2) is 9.08. The van der Waals surface area contributed by atoms with E-state index in [4.69, 9.17) is 0 Å². The van der Waals surface area contributed by atoms with Crippen LogP contribution in [0.15, 0.2) is 0 Å². The van der Waals surface area contributed by atoms with Gasteiger partial charge in [0, 0.05) is 12.1 Å². The maximum atomic E-state index is 11.6. The van der Waals surface area contributed by atoms with Gasteiger partial charge >= 0.3 is 0 Å². The second-order valence-corrected chi connectivity index (χ2v) is 8.75. The van der Waals surface area contributed by atoms with Gasteiger partial charge in [0.15, 0.2) is 9.84 Å². The van der Waals surface area contributed by atoms with E-state index in [1.54, 1.807) is 0 Å². The lowest BCUT2D eigenvalue weighted by Crippen LogP contribution is -2.46. The normalized spacial score (nSPS) is 22.6. The Labute approximate surface area is 130 Å². The summed E-state index contributed by atoms with van der Waals surface area (Å²) < 4.78 is 23.1. The van der Waals surface area contributed by atoms with Gasteiger partial charge in [0.25, 0.3) is 0 Å². The summed E-state index contributed by atoms with van der Waals surface area (Å²) in [4.78, 5) is 2.26. The lowest BCUT2D eigenvalue weighted by atomic mass is 9.95. The molecule has 1 unspecified atom stereocenters. The van der Waals surface area contributed by atoms with Crippen LogP contribution in [-0.2, 0) is 9.84 Å². The van der Waals surface area contributed by atoms with Crippen LogP contribution < -0.4 is 5.32 Å². The SMILES string of the molecule is CCCNC(C)(CO)CCCCN1CCCS(=O)(=O)CC1. The quantitative estimate of drug-likeness (QED) is 0.621. The first-order chi connectivity index (χ1) is 9.91. The Morgan fingerprint density at radius 3 is 2.67 bits per heavy atom. The van der Waals surface area contributed by atoms with Crippen LogP contribution in [0.3, 0.4) is 0 Å². The van der Waals surface area contributed by atoms with Gasteiger partial charge in [-0.25, -0.2) is 8.42 Å². The molecule has 1 fully saturated rings. The predicted octanol–water partition coefficient (Wildman–Crippen LogP) is 1.03. The highest BCUT2D eigenvalue weighted by molar-refractivity contribution is 7.91. The summed E-state index contributed by atoms with van der Waals surface area (Å²) in [5.74, 6) is 0.645. The molecule has 1 saturated heterocycles. The van der Waals surface area contributed by atoms with Crippen LogP contribution in [0, 0.1) is 0 Å². The van der Waals surface area contributed by atoms with E-state index in [-0.39, 0.29) is 12.1 Å². The number of aliphatic hydroxyl groups is 1. The summed E-state index contributed by atoms with van der Waals surface area (Å²) in [6.45, 7) is 7.82. The van der Waals surface area contributed by atoms with Gasteiger partial charge in [-0.3, -0.25) is 0 Å². The fourth-order valence-corrected chi connectivity index (χ4v) is 4.02. The molecule has 1 rings (SSSR count). The van der Waals surface area contributed by atoms with Crippen LogP contribution in [-0.4, -0.2) is 68.3 Å². The van der Waals surface area contributed by atoms with Gasteiger partial charge in [0.2, 0.25) is 0 Å². The number of rotatable bonds is 9. The maximum Gasteiger partial charge on any atom is 0.151 e. The van der Waals surface area contributed by atoms with Crippen LogP contribution in [0.4, 0.5) is 0 Å². The number of hydrogen-bond donors (Lipinski definition) is 2. The number of sulfone groups is 1. The average Bonchev–Trinajstić information content (AvgIpc) is 2.62. The number of nitrogens with one attached hydrogen (secondary N) is 1. The summed E-state index contributed by atoms with van der Waals surface area (Å²) in [5, 5.41) is 12.9. The summed E-state index contributed by atoms with van der Waals surface area (Å²) >= 11 is 0. The smallest absolute Gasteiger partial charge is 0.151 e. The van der Waals surface area contributed by atoms with Crippen molar-refractivity contribution in [2.75, 3.05) is 44.3 Å². The molecule has 2 N–H and O–H groups in total. The zero-order chi connectivity index (χ0) is 15.8. The van der Waals surface area contributed by atoms with E-state index in [1.807, 2.05) is 0 Å². The fraction of sp³-hybridized carbons (Fsp3) is 1.00. The van der Waals surface area contributed by atoms with Crippen molar-refractivity contribution in [3.63, 3.8) is 0 Å². The molecule has 0 radical (unpaired) electrons. The lowest BCUT2D eigenvalue weighted by Gasteiger charge is -2.29. The van der Waals surface area contributed by atoms with E-state index in [1.165, 1.54) is 0 Å². The fourth-order valence-electron chi connectivity index (χ4n) is 2.71. The standard InChI is InChI=1S/C15H32N2O3S/c1-3-8-16-15(2,14-18)7-4-5-9-17-10-6-12-21(19,20)13-11-17/h16,18H,3-14H2,1-2H3. The molecule has 1 aliphatic heterocycles. The van der Waals surface area contributed by atoms with Gasteiger partial charge in [0.1, 0.15) is 0 Å². The molecule has 126 valence electrons. The first kappa shape index (κ1) is 18.9. The molecule has 1 atom stereocenters. The van der Waals surface area contributed by atoms with Gasteiger partial charge in [-0.1, -0.05) is 13.3 Å². The molecule has 0 amide bonds. The highest BCUT2D eigenvalue weighted by Gasteiger charge is 2.22. The van der Waals surface area contributed by atoms with E-state index in [2.05, 4.69) is 24.1 Å². The molecule has 0 aromatic rings. The molecule has 0 spiro atoms. The molecule has 0 aromatic carbocycles. The molecule has 1 aliphatic rings. The number of unbranched alkanes of at least 4 members (excludes halogenated alkanes) is 1. The summed E-state index contributed by atoms with van der Waals surface area (Å²) in [5.41, 5.74) is -0.182. The molecule has 6 heteroatoms. The minimum Gasteiger partial charge on any atom is -0.394 e. The van der Waals surface area contributed by atoms with E-state index in [0.717, 1.165) is 51.7 Å². The van der Waals surface area contributed by atoms with Crippen molar-refractivity contribution in [2.45, 2.75) is 51.5 Å². The minimum atomic E-state index is -2.80. The van der Waals surface area contributed by atoms with Crippen LogP contribution >= 0.6 is 0 Å². The molecular weight excluding hydrogens is 288 g/mol. The largest absolute Gasteiger partial charge is 0.394 e. The van der Waals surface area contributed by atoms with Crippen LogP contribution in [0.5, 0.6) is 0 Å². The molecule has 0 bridgehead atoms. The Morgan fingerprint density at radius 1 is 1.24 bits per heavy atom. The van der Waals surface area contributed by atoms with Gasteiger partial charge in [0.05, 0.1) is 18.1 Å². The first-order valence-corrected chi connectivity index (χ1v) is 10.0. The van der Waals surface area contributed by atoms with Gasteiger partial charge in [-0.05, 0) is 52.2 Å². The Bertz CT molecular complexity index is 386. The number of aliphatic hydroxyl groups excluding tert-OH is 1. The monoisotopic (exact) mass is 320 g/mol. The predicted molar refractivity (Wildman–Crippen MR) is 87.3 cm³/mol. The third-order valence-corrected chi connectivity index (χ3v) is 5.97. The Kier molecular flexibility index (Phi) is 8.16. The topological polar surface area (TPSA) is 69.6 Å². The van der Waals surface area contributed by atoms with Crippen molar-refractivity contribution in [2.24, 2.45) is 0 Å². The second-order valence-electron chi connectivity index (χ2n) is 6.45. The summed E-state index contributed by atoms with van der Waals surface area (Å²) in [6.07, 6.45) is 4.89. The minimum absolute atomic E-state index is 0.162. The molecule has 0 aromatic heterocycles. The molecule has 0 saturated carbocycles. The highest BCUT2D eigenvalue weighted by atomic mass is 32.2. The highest BCUT2D eigenvalue weighted by Crippen LogP contribution is 2.14. The van der Waals surface area contributed by atoms with E-state index >= 15 is 0 Å². The van der Waals surface area contributed by atoms with Crippen molar-refractivity contribution in [1.29, 1.82) is 0 Å². The maximum absolute atomic E-state index is 11.6. The van der Waals surface area contributed by atoms with Crippen LogP contribution in [0.2, 0.25) is 0 Å². The third kappa shape index (κ3) is 7.58. The van der Waals surface area contributed by atoms with Gasteiger partial charge in [-0.15, -0.1) is 0 Å². The molecule has 21 heavy (non-hydrogen) atoms. The Hall–Kier alpha value is -0.170. The van der Waals surface area contributed by atoms with Crippen molar-refractivity contribution < 1.29 is 13.5 Å². The molecule has 1 heterocycles. The third-order valence-electron chi connectivity index (χ3n) is 4.25. The molecular formula is C15H32N2O3S. The number of nitrogens with zero attached hydrogens (tertiary/aromatic N) is 1. The van der Waals surface area contributed by atoms with Crippen molar-refractivity contribution in [3.05, 3.63) is 0 Å². The Morgan fingerprint density at radius 2 is 2.00 bits per heavy atom. The van der Waals surface area contributed by atoms with Crippen LogP contribution in [0.25, 0.3) is 0 Å². The van der Waals surface area contributed by atoms with Gasteiger partial charge < -0.3 is 15.3 Å². The zero-order valence-electron chi connectivity index (χ0n) is 13.6.